The third-order valence-electron chi connectivity index (χ3n) is 5.96. The number of aromatic nitrogens is 2. The summed E-state index contributed by atoms with van der Waals surface area (Å²) in [5, 5.41) is 10.3. The van der Waals surface area contributed by atoms with Gasteiger partial charge in [0.1, 0.15) is 18.2 Å². The van der Waals surface area contributed by atoms with E-state index >= 15 is 0 Å². The monoisotopic (exact) mass is 467 g/mol. The molecule has 2 aliphatic heterocycles. The van der Waals surface area contributed by atoms with Crippen LogP contribution in [0.15, 0.2) is 30.3 Å². The fraction of sp³-hybridized carbons (Fsp3) is 0.348. The number of nitrogen functional groups attached to an aromatic ring is 1. The van der Waals surface area contributed by atoms with Crippen LogP contribution in [-0.2, 0) is 4.79 Å². The van der Waals surface area contributed by atoms with Gasteiger partial charge >= 0.3 is 0 Å². The Kier molecular flexibility index (Phi) is 5.52. The van der Waals surface area contributed by atoms with Crippen LogP contribution in [0, 0.1) is 0 Å². The molecule has 3 N–H and O–H groups in total. The number of nitrogens with two attached hydrogens (primary N) is 1. The van der Waals surface area contributed by atoms with Gasteiger partial charge in [-0.1, -0.05) is 0 Å². The normalized spacial score (nSPS) is 17.5. The number of carbonyl (C=O) groups is 1. The molecule has 3 aromatic rings. The second-order valence-electron chi connectivity index (χ2n) is 7.99. The first-order chi connectivity index (χ1) is 16.5. The molecule has 0 saturated carbocycles. The molecular weight excluding hydrogens is 442 g/mol. The third-order valence-corrected chi connectivity index (χ3v) is 5.96. The molecule has 0 unspecified atom stereocenters. The Labute approximate surface area is 195 Å². The number of carbonyl (C=O) groups excluding carboxylic acids is 1. The predicted molar refractivity (Wildman–Crippen MR) is 124 cm³/mol. The van der Waals surface area contributed by atoms with Crippen molar-refractivity contribution in [1.29, 1.82) is 0 Å². The lowest BCUT2D eigenvalue weighted by atomic mass is 10.2. The molecule has 0 radical (unpaired) electrons. The number of piperazine rings is 1. The number of benzene rings is 2. The minimum atomic E-state index is -0.768. The van der Waals surface area contributed by atoms with E-state index in [-0.39, 0.29) is 18.3 Å². The molecule has 1 saturated heterocycles. The molecule has 11 heteroatoms. The van der Waals surface area contributed by atoms with Crippen molar-refractivity contribution >= 4 is 28.6 Å². The van der Waals surface area contributed by atoms with Gasteiger partial charge in [0, 0.05) is 43.7 Å². The first-order valence-corrected chi connectivity index (χ1v) is 10.8. The molecule has 3 heterocycles. The lowest BCUT2D eigenvalue weighted by Crippen LogP contribution is -2.54. The van der Waals surface area contributed by atoms with E-state index in [9.17, 15) is 9.90 Å². The van der Waals surface area contributed by atoms with Crippen molar-refractivity contribution in [3.8, 4) is 28.7 Å². The van der Waals surface area contributed by atoms with Gasteiger partial charge in [0.2, 0.25) is 12.1 Å². The van der Waals surface area contributed by atoms with Crippen molar-refractivity contribution in [3.05, 3.63) is 30.3 Å². The smallest absolute Gasteiger partial charge is 0.267 e. The minimum absolute atomic E-state index is 0.0507. The van der Waals surface area contributed by atoms with Gasteiger partial charge in [-0.05, 0) is 18.2 Å². The Hall–Kier alpha value is -4.15. The summed E-state index contributed by atoms with van der Waals surface area (Å²) in [5.41, 5.74) is 6.86. The fourth-order valence-corrected chi connectivity index (χ4v) is 4.12. The van der Waals surface area contributed by atoms with Crippen molar-refractivity contribution in [2.75, 3.05) is 57.6 Å². The molecule has 1 aromatic heterocycles. The molecule has 1 amide bonds. The van der Waals surface area contributed by atoms with E-state index < -0.39 is 6.10 Å². The minimum Gasteiger partial charge on any atom is -0.508 e. The molecule has 1 fully saturated rings. The number of amides is 1. The van der Waals surface area contributed by atoms with Gasteiger partial charge < -0.3 is 39.6 Å². The fourth-order valence-electron chi connectivity index (χ4n) is 4.12. The number of rotatable bonds is 4. The Morgan fingerprint density at radius 2 is 1.79 bits per heavy atom. The molecule has 0 spiro atoms. The number of methoxy groups -OCH3 is 2. The van der Waals surface area contributed by atoms with Crippen LogP contribution in [0.5, 0.6) is 28.7 Å². The van der Waals surface area contributed by atoms with Gasteiger partial charge in [-0.2, -0.15) is 4.98 Å². The number of fused-ring (bicyclic) bond motifs is 2. The average molecular weight is 467 g/mol. The van der Waals surface area contributed by atoms with Crippen LogP contribution in [0.1, 0.15) is 0 Å². The second-order valence-corrected chi connectivity index (χ2v) is 7.99. The van der Waals surface area contributed by atoms with Crippen molar-refractivity contribution in [2.45, 2.75) is 6.10 Å². The van der Waals surface area contributed by atoms with Crippen LogP contribution >= 0.6 is 0 Å². The number of phenolic OH excluding ortho intramolecular Hbond substituents is 1. The van der Waals surface area contributed by atoms with E-state index in [0.29, 0.717) is 71.8 Å². The number of ether oxygens (including phenoxy) is 4. The SMILES string of the molecule is COc1cc2nc(N3CCN(C(=O)[C@H]4COc5ccc(O)cc5O4)CC3)nc(N)c2cc1OC. The average Bonchev–Trinajstić information content (AvgIpc) is 2.87. The first kappa shape index (κ1) is 21.7. The van der Waals surface area contributed by atoms with Crippen LogP contribution in [0.25, 0.3) is 10.9 Å². The van der Waals surface area contributed by atoms with Gasteiger partial charge in [0.05, 0.1) is 19.7 Å². The van der Waals surface area contributed by atoms with Crippen molar-refractivity contribution in [2.24, 2.45) is 0 Å². The number of nitrogens with zero attached hydrogens (tertiary/aromatic N) is 4. The van der Waals surface area contributed by atoms with Crippen LogP contribution in [0.3, 0.4) is 0 Å². The Balaban J connectivity index is 1.28. The Morgan fingerprint density at radius 1 is 1.06 bits per heavy atom. The maximum absolute atomic E-state index is 13.0. The summed E-state index contributed by atoms with van der Waals surface area (Å²) in [6, 6.07) is 8.10. The van der Waals surface area contributed by atoms with Gasteiger partial charge in [0.25, 0.3) is 5.91 Å². The standard InChI is InChI=1S/C23H25N5O6/c1-31-17-10-14-15(11-18(17)32-2)25-23(26-21(14)24)28-7-5-27(6-8-28)22(30)20-12-33-16-4-3-13(29)9-19(16)34-20/h3-4,9-11,20,29H,5-8,12H2,1-2H3,(H2,24,25,26)/t20-/m1/s1. The zero-order valence-corrected chi connectivity index (χ0v) is 18.9. The maximum atomic E-state index is 13.0. The summed E-state index contributed by atoms with van der Waals surface area (Å²) in [6.45, 7) is 2.13. The van der Waals surface area contributed by atoms with Crippen molar-refractivity contribution < 1.29 is 28.8 Å². The zero-order chi connectivity index (χ0) is 23.8. The highest BCUT2D eigenvalue weighted by Crippen LogP contribution is 2.36. The summed E-state index contributed by atoms with van der Waals surface area (Å²) in [5.74, 6) is 2.69. The van der Waals surface area contributed by atoms with Crippen LogP contribution in [-0.4, -0.2) is 79.0 Å². The summed E-state index contributed by atoms with van der Waals surface area (Å²) in [4.78, 5) is 25.9. The van der Waals surface area contributed by atoms with E-state index in [4.69, 9.17) is 24.7 Å². The topological polar surface area (TPSA) is 132 Å². The summed E-state index contributed by atoms with van der Waals surface area (Å²) >= 11 is 0. The summed E-state index contributed by atoms with van der Waals surface area (Å²) in [7, 11) is 3.12. The molecular formula is C23H25N5O6. The first-order valence-electron chi connectivity index (χ1n) is 10.8. The molecule has 11 nitrogen and oxygen atoms in total. The largest absolute Gasteiger partial charge is 0.508 e. The van der Waals surface area contributed by atoms with Gasteiger partial charge in [-0.15, -0.1) is 0 Å². The molecule has 2 aliphatic rings. The number of aromatic hydroxyl groups is 1. The third kappa shape index (κ3) is 3.89. The van der Waals surface area contributed by atoms with E-state index in [1.54, 1.807) is 37.3 Å². The molecule has 0 aliphatic carbocycles. The van der Waals surface area contributed by atoms with Gasteiger partial charge in [-0.25, -0.2) is 4.98 Å². The van der Waals surface area contributed by atoms with Crippen molar-refractivity contribution in [3.63, 3.8) is 0 Å². The summed E-state index contributed by atoms with van der Waals surface area (Å²) < 4.78 is 22.1. The number of hydrogen-bond donors (Lipinski definition) is 2. The van der Waals surface area contributed by atoms with Crippen molar-refractivity contribution in [1.82, 2.24) is 14.9 Å². The maximum Gasteiger partial charge on any atom is 0.267 e. The van der Waals surface area contributed by atoms with Crippen LogP contribution in [0.2, 0.25) is 0 Å². The number of hydrogen-bond acceptors (Lipinski definition) is 10. The zero-order valence-electron chi connectivity index (χ0n) is 18.9. The quantitative estimate of drug-likeness (QED) is 0.580. The molecule has 34 heavy (non-hydrogen) atoms. The number of phenols is 1. The highest BCUT2D eigenvalue weighted by molar-refractivity contribution is 5.91. The van der Waals surface area contributed by atoms with E-state index in [2.05, 4.69) is 9.97 Å². The lowest BCUT2D eigenvalue weighted by Gasteiger charge is -2.37. The Morgan fingerprint density at radius 3 is 2.53 bits per heavy atom. The van der Waals surface area contributed by atoms with Crippen LogP contribution < -0.4 is 29.6 Å². The van der Waals surface area contributed by atoms with E-state index in [0.717, 1.165) is 0 Å². The highest BCUT2D eigenvalue weighted by atomic mass is 16.6. The van der Waals surface area contributed by atoms with Gasteiger partial charge in [0.15, 0.2) is 23.0 Å². The van der Waals surface area contributed by atoms with E-state index in [1.807, 2.05) is 4.90 Å². The van der Waals surface area contributed by atoms with Crippen LogP contribution in [0.4, 0.5) is 11.8 Å². The number of anilines is 2. The molecule has 2 aromatic carbocycles. The molecule has 1 atom stereocenters. The molecule has 0 bridgehead atoms. The highest BCUT2D eigenvalue weighted by Gasteiger charge is 2.33. The lowest BCUT2D eigenvalue weighted by molar-refractivity contribution is -0.141. The summed E-state index contributed by atoms with van der Waals surface area (Å²) in [6.07, 6.45) is -0.768. The molecule has 178 valence electrons. The molecule has 5 rings (SSSR count). The predicted octanol–water partition coefficient (Wildman–Crippen LogP) is 1.42. The van der Waals surface area contributed by atoms with Gasteiger partial charge in [-0.3, -0.25) is 4.79 Å². The van der Waals surface area contributed by atoms with E-state index in [1.165, 1.54) is 12.1 Å². The Bertz CT molecular complexity index is 1240. The second kappa shape index (κ2) is 8.65.